The molecule has 0 amide bonds. The van der Waals surface area contributed by atoms with Crippen molar-refractivity contribution in [2.24, 2.45) is 0 Å². The summed E-state index contributed by atoms with van der Waals surface area (Å²) in [6.45, 7) is 0. The fraction of sp³-hybridized carbons (Fsp3) is 1.00. The van der Waals surface area contributed by atoms with Crippen LogP contribution in [0, 0.1) is 0 Å². The Morgan fingerprint density at radius 1 is 1.22 bits per heavy atom. The molecule has 0 aliphatic heterocycles. The van der Waals surface area contributed by atoms with Crippen molar-refractivity contribution in [2.75, 3.05) is 21.2 Å². The molecule has 9 heavy (non-hydrogen) atoms. The standard InChI is InChI=1S/C4H12N4O/c1-7(5)4(9-3)8(2)6/h4-6H,1-3H3/q-2. The van der Waals surface area contributed by atoms with Crippen LogP contribution >= 0.6 is 0 Å². The number of hydrogen-bond acceptors (Lipinski definition) is 3. The van der Waals surface area contributed by atoms with E-state index in [1.165, 1.54) is 21.2 Å². The van der Waals surface area contributed by atoms with E-state index < -0.39 is 6.35 Å². The zero-order valence-electron chi connectivity index (χ0n) is 5.88. The van der Waals surface area contributed by atoms with Gasteiger partial charge in [0.1, 0.15) is 6.35 Å². The SMILES string of the molecule is COC(N(C)[NH-])N(C)[NH-]. The maximum Gasteiger partial charge on any atom is 0.134 e. The van der Waals surface area contributed by atoms with Crippen molar-refractivity contribution in [3.8, 4) is 0 Å². The molecule has 0 heterocycles. The highest BCUT2D eigenvalue weighted by Gasteiger charge is 2.01. The van der Waals surface area contributed by atoms with Gasteiger partial charge in [-0.15, -0.1) is 0 Å². The van der Waals surface area contributed by atoms with Gasteiger partial charge in [-0.25, -0.2) is 0 Å². The van der Waals surface area contributed by atoms with Crippen LogP contribution in [0.4, 0.5) is 0 Å². The summed E-state index contributed by atoms with van der Waals surface area (Å²) in [4.78, 5) is 0. The molecule has 0 aromatic rings. The highest BCUT2D eigenvalue weighted by Crippen LogP contribution is 2.00. The molecule has 0 aromatic carbocycles. The third-order valence-electron chi connectivity index (χ3n) is 0.873. The maximum absolute atomic E-state index is 7.01. The first-order chi connectivity index (χ1) is 4.09. The lowest BCUT2D eigenvalue weighted by Crippen LogP contribution is -2.38. The minimum Gasteiger partial charge on any atom is -0.607 e. The second-order valence-corrected chi connectivity index (χ2v) is 1.78. The third kappa shape index (κ3) is 2.73. The summed E-state index contributed by atoms with van der Waals surface area (Å²) >= 11 is 0. The monoisotopic (exact) mass is 132 g/mol. The van der Waals surface area contributed by atoms with Crippen LogP contribution in [0.3, 0.4) is 0 Å². The lowest BCUT2D eigenvalue weighted by atomic mass is 10.8. The van der Waals surface area contributed by atoms with Gasteiger partial charge >= 0.3 is 0 Å². The summed E-state index contributed by atoms with van der Waals surface area (Å²) < 4.78 is 4.75. The van der Waals surface area contributed by atoms with E-state index in [0.717, 1.165) is 10.0 Å². The van der Waals surface area contributed by atoms with E-state index in [1.54, 1.807) is 0 Å². The number of rotatable bonds is 3. The Balaban J connectivity index is 3.68. The molecule has 5 nitrogen and oxygen atoms in total. The van der Waals surface area contributed by atoms with Crippen LogP contribution in [-0.4, -0.2) is 37.6 Å². The van der Waals surface area contributed by atoms with Crippen molar-refractivity contribution >= 4 is 0 Å². The number of nitrogens with zero attached hydrogens (tertiary/aromatic N) is 2. The number of methoxy groups -OCH3 is 1. The number of hydrogen-bond donors (Lipinski definition) is 0. The van der Waals surface area contributed by atoms with E-state index in [2.05, 4.69) is 0 Å². The zero-order chi connectivity index (χ0) is 7.44. The van der Waals surface area contributed by atoms with Gasteiger partial charge < -0.3 is 26.4 Å². The molecule has 0 aromatic heterocycles. The van der Waals surface area contributed by atoms with Crippen molar-refractivity contribution in [1.29, 1.82) is 0 Å². The minimum atomic E-state index is -0.579. The van der Waals surface area contributed by atoms with Gasteiger partial charge in [-0.3, -0.25) is 0 Å². The summed E-state index contributed by atoms with van der Waals surface area (Å²) in [5, 5.41) is 2.12. The fourth-order valence-electron chi connectivity index (χ4n) is 0.576. The summed E-state index contributed by atoms with van der Waals surface area (Å²) in [6, 6.07) is 0. The molecular weight excluding hydrogens is 120 g/mol. The molecule has 0 fully saturated rings. The van der Waals surface area contributed by atoms with Crippen LogP contribution < -0.4 is 0 Å². The maximum atomic E-state index is 7.01. The molecule has 0 rings (SSSR count). The van der Waals surface area contributed by atoms with Gasteiger partial charge in [0, 0.05) is 7.11 Å². The molecule has 0 unspecified atom stereocenters. The molecule has 0 aliphatic carbocycles. The summed E-state index contributed by atoms with van der Waals surface area (Å²) in [6.07, 6.45) is -0.579. The van der Waals surface area contributed by atoms with Crippen molar-refractivity contribution in [3.63, 3.8) is 0 Å². The predicted molar refractivity (Wildman–Crippen MR) is 35.0 cm³/mol. The van der Waals surface area contributed by atoms with Gasteiger partial charge in [-0.2, -0.15) is 0 Å². The molecule has 2 N–H and O–H groups in total. The molecule has 56 valence electrons. The summed E-state index contributed by atoms with van der Waals surface area (Å²) in [5.41, 5.74) is 0. The van der Waals surface area contributed by atoms with Crippen molar-refractivity contribution in [2.45, 2.75) is 6.35 Å². The fourth-order valence-corrected chi connectivity index (χ4v) is 0.576. The van der Waals surface area contributed by atoms with Gasteiger partial charge in [-0.1, -0.05) is 0 Å². The van der Waals surface area contributed by atoms with Crippen molar-refractivity contribution in [1.82, 2.24) is 10.0 Å². The van der Waals surface area contributed by atoms with Crippen LogP contribution in [0.5, 0.6) is 0 Å². The summed E-state index contributed by atoms with van der Waals surface area (Å²) in [5.74, 6) is 14.0. The van der Waals surface area contributed by atoms with Crippen LogP contribution in [0.25, 0.3) is 11.7 Å². The Kier molecular flexibility index (Phi) is 3.67. The van der Waals surface area contributed by atoms with E-state index in [9.17, 15) is 0 Å². The van der Waals surface area contributed by atoms with Gasteiger partial charge in [0.2, 0.25) is 0 Å². The first-order valence-corrected chi connectivity index (χ1v) is 2.50. The Bertz CT molecular complexity index is 67.0. The highest BCUT2D eigenvalue weighted by atomic mass is 16.5. The van der Waals surface area contributed by atoms with E-state index in [4.69, 9.17) is 16.4 Å². The van der Waals surface area contributed by atoms with Crippen LogP contribution in [0.2, 0.25) is 0 Å². The summed E-state index contributed by atoms with van der Waals surface area (Å²) in [7, 11) is 4.51. The first kappa shape index (κ1) is 8.80. The number of ether oxygens (including phenoxy) is 1. The lowest BCUT2D eigenvalue weighted by molar-refractivity contribution is -0.0763. The zero-order valence-corrected chi connectivity index (χ0v) is 5.88. The molecule has 0 saturated heterocycles. The van der Waals surface area contributed by atoms with Gasteiger partial charge in [0.15, 0.2) is 0 Å². The van der Waals surface area contributed by atoms with Crippen LogP contribution in [0.15, 0.2) is 0 Å². The average Bonchev–Trinajstić information content (AvgIpc) is 1.64. The minimum absolute atomic E-state index is 0.579. The van der Waals surface area contributed by atoms with E-state index in [1.807, 2.05) is 0 Å². The first-order valence-electron chi connectivity index (χ1n) is 2.50. The molecule has 0 aliphatic rings. The molecule has 0 radical (unpaired) electrons. The topological polar surface area (TPSA) is 63.3 Å². The molecular formula is C4H12N4O-2. The quantitative estimate of drug-likeness (QED) is 0.419. The van der Waals surface area contributed by atoms with Crippen LogP contribution in [-0.2, 0) is 4.74 Å². The largest absolute Gasteiger partial charge is 0.607 e. The Hall–Kier alpha value is -0.200. The second-order valence-electron chi connectivity index (χ2n) is 1.78. The molecule has 0 spiro atoms. The van der Waals surface area contributed by atoms with Crippen molar-refractivity contribution < 1.29 is 4.74 Å². The molecule has 5 heteroatoms. The van der Waals surface area contributed by atoms with Crippen molar-refractivity contribution in [3.05, 3.63) is 11.7 Å². The third-order valence-corrected chi connectivity index (χ3v) is 0.873. The van der Waals surface area contributed by atoms with E-state index in [-0.39, 0.29) is 0 Å². The van der Waals surface area contributed by atoms with Gasteiger partial charge in [0.05, 0.1) is 0 Å². The Morgan fingerprint density at radius 3 is 1.56 bits per heavy atom. The normalized spacial score (nSPS) is 12.0. The molecule has 0 saturated carbocycles. The predicted octanol–water partition coefficient (Wildman–Crippen LogP) is 0.714. The molecule has 0 bridgehead atoms. The van der Waals surface area contributed by atoms with Gasteiger partial charge in [-0.05, 0) is 14.1 Å². The lowest BCUT2D eigenvalue weighted by Gasteiger charge is -2.40. The number of nitrogens with one attached hydrogen (secondary N) is 2. The van der Waals surface area contributed by atoms with Gasteiger partial charge in [0.25, 0.3) is 0 Å². The smallest absolute Gasteiger partial charge is 0.134 e. The Labute approximate surface area is 55.1 Å². The highest BCUT2D eigenvalue weighted by molar-refractivity contribution is 4.57. The van der Waals surface area contributed by atoms with E-state index >= 15 is 0 Å². The second kappa shape index (κ2) is 3.76. The average molecular weight is 132 g/mol. The molecule has 0 atom stereocenters. The van der Waals surface area contributed by atoms with Crippen LogP contribution in [0.1, 0.15) is 0 Å². The van der Waals surface area contributed by atoms with E-state index in [0.29, 0.717) is 0 Å². The Morgan fingerprint density at radius 2 is 1.56 bits per heavy atom.